The molecule has 0 aliphatic carbocycles. The second-order valence-electron chi connectivity index (χ2n) is 4.01. The van der Waals surface area contributed by atoms with Crippen LogP contribution >= 0.6 is 43.5 Å². The van der Waals surface area contributed by atoms with E-state index in [0.29, 0.717) is 15.2 Å². The number of benzene rings is 2. The second-order valence-corrected chi connectivity index (χ2v) is 6.18. The van der Waals surface area contributed by atoms with Crippen LogP contribution < -0.4 is 4.74 Å². The monoisotopic (exact) mass is 424 g/mol. The smallest absolute Gasteiger partial charge is 0.131 e. The van der Waals surface area contributed by atoms with Gasteiger partial charge in [0.25, 0.3) is 0 Å². The van der Waals surface area contributed by atoms with Crippen molar-refractivity contribution in [2.24, 2.45) is 0 Å². The molecule has 0 spiro atoms. The van der Waals surface area contributed by atoms with Gasteiger partial charge in [0.1, 0.15) is 17.4 Å². The lowest BCUT2D eigenvalue weighted by Crippen LogP contribution is -2.03. The van der Waals surface area contributed by atoms with Crippen LogP contribution in [0.4, 0.5) is 8.78 Å². The van der Waals surface area contributed by atoms with Gasteiger partial charge in [-0.1, -0.05) is 33.6 Å². The van der Waals surface area contributed by atoms with Crippen LogP contribution in [0.25, 0.3) is 0 Å². The van der Waals surface area contributed by atoms with Gasteiger partial charge in [-0.3, -0.25) is 0 Å². The Kier molecular flexibility index (Phi) is 5.04. The lowest BCUT2D eigenvalue weighted by atomic mass is 10.0. The molecule has 20 heavy (non-hydrogen) atoms. The van der Waals surface area contributed by atoms with Crippen LogP contribution in [0.15, 0.2) is 34.8 Å². The third-order valence-electron chi connectivity index (χ3n) is 2.80. The number of methoxy groups -OCH3 is 1. The van der Waals surface area contributed by atoms with Crippen LogP contribution in [-0.2, 0) is 0 Å². The van der Waals surface area contributed by atoms with E-state index in [1.807, 2.05) is 0 Å². The normalized spacial score (nSPS) is 12.3. The molecular weight excluding hydrogens is 417 g/mol. The first-order valence-electron chi connectivity index (χ1n) is 5.56. The highest BCUT2D eigenvalue weighted by molar-refractivity contribution is 9.10. The molecule has 0 aliphatic rings. The molecule has 0 heterocycles. The first kappa shape index (κ1) is 15.7. The molecule has 6 heteroatoms. The van der Waals surface area contributed by atoms with Crippen molar-refractivity contribution in [1.29, 1.82) is 0 Å². The molecule has 2 rings (SSSR count). The maximum Gasteiger partial charge on any atom is 0.131 e. The van der Waals surface area contributed by atoms with Gasteiger partial charge in [-0.15, -0.1) is 0 Å². The lowest BCUT2D eigenvalue weighted by molar-refractivity contribution is 0.405. The van der Waals surface area contributed by atoms with E-state index >= 15 is 0 Å². The molecule has 0 radical (unpaired) electrons. The van der Waals surface area contributed by atoms with Crippen molar-refractivity contribution in [1.82, 2.24) is 0 Å². The molecule has 1 unspecified atom stereocenters. The van der Waals surface area contributed by atoms with Gasteiger partial charge in [-0.2, -0.15) is 0 Å². The highest BCUT2D eigenvalue weighted by Crippen LogP contribution is 2.41. The van der Waals surface area contributed by atoms with Crippen LogP contribution in [0, 0.1) is 11.6 Å². The van der Waals surface area contributed by atoms with Gasteiger partial charge in [0, 0.05) is 15.6 Å². The third-order valence-corrected chi connectivity index (χ3v) is 4.95. The van der Waals surface area contributed by atoms with Crippen molar-refractivity contribution >= 4 is 43.5 Å². The van der Waals surface area contributed by atoms with Crippen molar-refractivity contribution < 1.29 is 13.5 Å². The van der Waals surface area contributed by atoms with Crippen molar-refractivity contribution in [3.8, 4) is 5.75 Å². The lowest BCUT2D eigenvalue weighted by Gasteiger charge is -2.16. The Bertz CT molecular complexity index is 649. The van der Waals surface area contributed by atoms with Gasteiger partial charge >= 0.3 is 0 Å². The number of rotatable bonds is 3. The summed E-state index contributed by atoms with van der Waals surface area (Å²) < 4.78 is 33.6. The summed E-state index contributed by atoms with van der Waals surface area (Å²) in [5.41, 5.74) is 0.467. The van der Waals surface area contributed by atoms with Crippen LogP contribution in [0.1, 0.15) is 16.0 Å². The molecule has 2 aromatic rings. The SMILES string of the molecule is COc1cccc(F)c1C(Br)c1cc(Cl)c(Br)cc1F. The van der Waals surface area contributed by atoms with E-state index in [9.17, 15) is 8.78 Å². The first-order chi connectivity index (χ1) is 9.45. The third kappa shape index (κ3) is 3.00. The van der Waals surface area contributed by atoms with Gasteiger partial charge < -0.3 is 4.74 Å². The average molecular weight is 426 g/mol. The summed E-state index contributed by atoms with van der Waals surface area (Å²) in [5.74, 6) is -0.636. The van der Waals surface area contributed by atoms with Gasteiger partial charge in [-0.05, 0) is 40.2 Å². The second kappa shape index (κ2) is 6.41. The largest absolute Gasteiger partial charge is 0.496 e. The highest BCUT2D eigenvalue weighted by Gasteiger charge is 2.23. The molecule has 0 fully saturated rings. The quantitative estimate of drug-likeness (QED) is 0.440. The van der Waals surface area contributed by atoms with Crippen LogP contribution in [0.3, 0.4) is 0 Å². The fraction of sp³-hybridized carbons (Fsp3) is 0.143. The maximum atomic E-state index is 14.1. The Labute approximate surface area is 137 Å². The van der Waals surface area contributed by atoms with E-state index in [2.05, 4.69) is 31.9 Å². The van der Waals surface area contributed by atoms with E-state index in [1.54, 1.807) is 6.07 Å². The summed E-state index contributed by atoms with van der Waals surface area (Å²) in [4.78, 5) is -0.704. The molecule has 0 bridgehead atoms. The van der Waals surface area contributed by atoms with Crippen LogP contribution in [0.5, 0.6) is 5.75 Å². The topological polar surface area (TPSA) is 9.23 Å². The predicted octanol–water partition coefficient (Wildman–Crippen LogP) is 5.87. The van der Waals surface area contributed by atoms with Crippen molar-refractivity contribution in [2.75, 3.05) is 7.11 Å². The summed E-state index contributed by atoms with van der Waals surface area (Å²) in [5, 5.41) is 0.348. The standard InChI is InChI=1S/C14H9Br2ClF2O/c1-20-12-4-2-3-10(18)13(12)14(16)7-5-9(17)8(15)6-11(7)19/h2-6,14H,1H3. The zero-order valence-electron chi connectivity index (χ0n) is 10.3. The minimum atomic E-state index is -0.704. The van der Waals surface area contributed by atoms with Gasteiger partial charge in [0.2, 0.25) is 0 Å². The minimum absolute atomic E-state index is 0.229. The van der Waals surface area contributed by atoms with Gasteiger partial charge in [0.15, 0.2) is 0 Å². The number of alkyl halides is 1. The van der Waals surface area contributed by atoms with E-state index < -0.39 is 16.5 Å². The maximum absolute atomic E-state index is 14.1. The Hall–Kier alpha value is -0.650. The van der Waals surface area contributed by atoms with Crippen LogP contribution in [0.2, 0.25) is 5.02 Å². The van der Waals surface area contributed by atoms with E-state index in [4.69, 9.17) is 16.3 Å². The number of hydrogen-bond acceptors (Lipinski definition) is 1. The highest BCUT2D eigenvalue weighted by atomic mass is 79.9. The van der Waals surface area contributed by atoms with Gasteiger partial charge in [0.05, 0.1) is 17.0 Å². The summed E-state index contributed by atoms with van der Waals surface area (Å²) in [7, 11) is 1.43. The number of ether oxygens (including phenoxy) is 1. The van der Waals surface area contributed by atoms with Crippen molar-refractivity contribution in [3.05, 3.63) is 62.6 Å². The fourth-order valence-electron chi connectivity index (χ4n) is 1.83. The zero-order valence-corrected chi connectivity index (χ0v) is 14.2. The molecule has 0 amide bonds. The average Bonchev–Trinajstić information content (AvgIpc) is 2.41. The fourth-order valence-corrected chi connectivity index (χ4v) is 3.11. The molecule has 1 atom stereocenters. The summed E-state index contributed by atoms with van der Waals surface area (Å²) in [6.45, 7) is 0. The van der Waals surface area contributed by atoms with Crippen LogP contribution in [-0.4, -0.2) is 7.11 Å². The summed E-state index contributed by atoms with van der Waals surface area (Å²) in [6.07, 6.45) is 0. The molecule has 0 aromatic heterocycles. The zero-order chi connectivity index (χ0) is 14.9. The Morgan fingerprint density at radius 1 is 1.20 bits per heavy atom. The molecular formula is C14H9Br2ClF2O. The van der Waals surface area contributed by atoms with E-state index in [-0.39, 0.29) is 11.1 Å². The molecule has 2 aromatic carbocycles. The summed E-state index contributed by atoms with van der Waals surface area (Å²) in [6, 6.07) is 7.14. The molecule has 0 N–H and O–H groups in total. The molecule has 106 valence electrons. The van der Waals surface area contributed by atoms with E-state index in [0.717, 1.165) is 0 Å². The Balaban J connectivity index is 2.57. The molecule has 0 aliphatic heterocycles. The number of halogens is 5. The van der Waals surface area contributed by atoms with Crippen molar-refractivity contribution in [3.63, 3.8) is 0 Å². The molecule has 0 saturated carbocycles. The number of hydrogen-bond donors (Lipinski definition) is 0. The van der Waals surface area contributed by atoms with E-state index in [1.165, 1.54) is 31.4 Å². The molecule has 1 nitrogen and oxygen atoms in total. The minimum Gasteiger partial charge on any atom is -0.496 e. The van der Waals surface area contributed by atoms with Gasteiger partial charge in [-0.25, -0.2) is 8.78 Å². The van der Waals surface area contributed by atoms with Crippen molar-refractivity contribution in [2.45, 2.75) is 4.83 Å². The Morgan fingerprint density at radius 2 is 1.90 bits per heavy atom. The summed E-state index contributed by atoms with van der Waals surface area (Å²) >= 11 is 12.4. The predicted molar refractivity (Wildman–Crippen MR) is 82.8 cm³/mol. The Morgan fingerprint density at radius 3 is 2.55 bits per heavy atom. The first-order valence-corrected chi connectivity index (χ1v) is 7.65. The molecule has 0 saturated heterocycles.